The molecule has 0 aliphatic rings. The van der Waals surface area contributed by atoms with E-state index in [0.29, 0.717) is 29.9 Å². The topological polar surface area (TPSA) is 56.5 Å². The average molecular weight is 224 g/mol. The fraction of sp³-hybridized carbons (Fsp3) is 0.500. The molecule has 0 aromatic carbocycles. The van der Waals surface area contributed by atoms with Crippen LogP contribution in [-0.2, 0) is 17.6 Å². The Morgan fingerprint density at radius 3 is 2.38 bits per heavy atom. The summed E-state index contributed by atoms with van der Waals surface area (Å²) in [6, 6.07) is 0. The van der Waals surface area contributed by atoms with Crippen LogP contribution in [0.2, 0.25) is 0 Å². The van der Waals surface area contributed by atoms with Crippen LogP contribution in [0.5, 0.6) is 0 Å². The lowest BCUT2D eigenvalue weighted by molar-refractivity contribution is 0.0594. The summed E-state index contributed by atoms with van der Waals surface area (Å²) in [5, 5.41) is 0. The van der Waals surface area contributed by atoms with Gasteiger partial charge in [0, 0.05) is 12.0 Å². The second kappa shape index (κ2) is 4.96. The molecule has 0 saturated carbocycles. The SMILES string of the molecule is CCc1oc(C)c(C(=O)OC)c(=O)c1CC. The van der Waals surface area contributed by atoms with E-state index in [1.165, 1.54) is 7.11 Å². The Morgan fingerprint density at radius 2 is 1.94 bits per heavy atom. The molecule has 16 heavy (non-hydrogen) atoms. The number of ether oxygens (including phenoxy) is 1. The van der Waals surface area contributed by atoms with Gasteiger partial charge in [0.2, 0.25) is 5.43 Å². The molecule has 0 atom stereocenters. The minimum Gasteiger partial charge on any atom is -0.465 e. The Balaban J connectivity index is 3.53. The molecule has 0 saturated heterocycles. The van der Waals surface area contributed by atoms with Crippen molar-refractivity contribution in [1.82, 2.24) is 0 Å². The van der Waals surface area contributed by atoms with Gasteiger partial charge in [-0.05, 0) is 13.3 Å². The number of carbonyl (C=O) groups is 1. The summed E-state index contributed by atoms with van der Waals surface area (Å²) in [5.74, 6) is 0.340. The summed E-state index contributed by atoms with van der Waals surface area (Å²) in [4.78, 5) is 23.5. The first-order valence-electron chi connectivity index (χ1n) is 5.30. The van der Waals surface area contributed by atoms with Gasteiger partial charge in [-0.1, -0.05) is 13.8 Å². The summed E-state index contributed by atoms with van der Waals surface area (Å²) in [6.07, 6.45) is 1.19. The smallest absolute Gasteiger partial charge is 0.345 e. The molecule has 1 rings (SSSR count). The lowest BCUT2D eigenvalue weighted by Gasteiger charge is -2.09. The van der Waals surface area contributed by atoms with Crippen LogP contribution in [0.1, 0.15) is 41.3 Å². The van der Waals surface area contributed by atoms with Gasteiger partial charge in [-0.2, -0.15) is 0 Å². The molecule has 1 heterocycles. The van der Waals surface area contributed by atoms with Crippen LogP contribution in [0, 0.1) is 6.92 Å². The van der Waals surface area contributed by atoms with Gasteiger partial charge in [0.15, 0.2) is 0 Å². The Bertz CT molecular complexity index is 457. The monoisotopic (exact) mass is 224 g/mol. The fourth-order valence-electron chi connectivity index (χ4n) is 1.72. The van der Waals surface area contributed by atoms with Gasteiger partial charge in [0.1, 0.15) is 17.1 Å². The number of carbonyl (C=O) groups excluding carboxylic acids is 1. The number of aryl methyl sites for hydroxylation is 2. The molecular weight excluding hydrogens is 208 g/mol. The molecule has 1 aromatic heterocycles. The van der Waals surface area contributed by atoms with Crippen LogP contribution < -0.4 is 5.43 Å². The second-order valence-corrected chi connectivity index (χ2v) is 3.46. The Kier molecular flexibility index (Phi) is 3.88. The Morgan fingerprint density at radius 1 is 1.31 bits per heavy atom. The molecule has 0 fully saturated rings. The third-order valence-electron chi connectivity index (χ3n) is 2.53. The maximum absolute atomic E-state index is 12.0. The van der Waals surface area contributed by atoms with Gasteiger partial charge < -0.3 is 9.15 Å². The van der Waals surface area contributed by atoms with E-state index in [4.69, 9.17) is 4.42 Å². The van der Waals surface area contributed by atoms with Crippen molar-refractivity contribution in [3.8, 4) is 0 Å². The zero-order valence-corrected chi connectivity index (χ0v) is 10.0. The molecule has 0 N–H and O–H groups in total. The van der Waals surface area contributed by atoms with Gasteiger partial charge in [-0.25, -0.2) is 4.79 Å². The Labute approximate surface area is 94.2 Å². The molecule has 0 spiro atoms. The van der Waals surface area contributed by atoms with Crippen LogP contribution in [0.15, 0.2) is 9.21 Å². The van der Waals surface area contributed by atoms with Crippen molar-refractivity contribution in [2.75, 3.05) is 7.11 Å². The van der Waals surface area contributed by atoms with Crippen LogP contribution in [0.25, 0.3) is 0 Å². The first-order chi connectivity index (χ1) is 7.56. The van der Waals surface area contributed by atoms with E-state index in [1.807, 2.05) is 13.8 Å². The summed E-state index contributed by atoms with van der Waals surface area (Å²) >= 11 is 0. The van der Waals surface area contributed by atoms with Crippen molar-refractivity contribution < 1.29 is 13.9 Å². The maximum atomic E-state index is 12.0. The van der Waals surface area contributed by atoms with Gasteiger partial charge in [-0.15, -0.1) is 0 Å². The van der Waals surface area contributed by atoms with Crippen LogP contribution in [-0.4, -0.2) is 13.1 Å². The predicted molar refractivity (Wildman–Crippen MR) is 59.8 cm³/mol. The third kappa shape index (κ3) is 2.01. The molecule has 88 valence electrons. The van der Waals surface area contributed by atoms with Gasteiger partial charge >= 0.3 is 5.97 Å². The minimum atomic E-state index is -0.636. The van der Waals surface area contributed by atoms with Crippen LogP contribution >= 0.6 is 0 Å². The summed E-state index contributed by atoms with van der Waals surface area (Å²) in [7, 11) is 1.25. The van der Waals surface area contributed by atoms with Crippen molar-refractivity contribution >= 4 is 5.97 Å². The number of rotatable bonds is 3. The summed E-state index contributed by atoms with van der Waals surface area (Å²) < 4.78 is 10.1. The van der Waals surface area contributed by atoms with E-state index in [0.717, 1.165) is 0 Å². The molecule has 1 aromatic rings. The van der Waals surface area contributed by atoms with Crippen molar-refractivity contribution in [3.63, 3.8) is 0 Å². The summed E-state index contributed by atoms with van der Waals surface area (Å²) in [5.41, 5.74) is 0.306. The standard InChI is InChI=1S/C12H16O4/c1-5-8-9(6-2)16-7(3)10(11(8)13)12(14)15-4/h5-6H2,1-4H3. The van der Waals surface area contributed by atoms with Crippen molar-refractivity contribution in [3.05, 3.63) is 32.9 Å². The second-order valence-electron chi connectivity index (χ2n) is 3.46. The van der Waals surface area contributed by atoms with Crippen molar-refractivity contribution in [1.29, 1.82) is 0 Å². The highest BCUT2D eigenvalue weighted by Gasteiger charge is 2.20. The molecule has 4 nitrogen and oxygen atoms in total. The minimum absolute atomic E-state index is 0.0107. The number of methoxy groups -OCH3 is 1. The highest BCUT2D eigenvalue weighted by Crippen LogP contribution is 2.13. The molecule has 4 heteroatoms. The predicted octanol–water partition coefficient (Wildman–Crippen LogP) is 1.86. The molecule has 0 unspecified atom stereocenters. The zero-order chi connectivity index (χ0) is 12.3. The van der Waals surface area contributed by atoms with E-state index < -0.39 is 5.97 Å². The summed E-state index contributed by atoms with van der Waals surface area (Å²) in [6.45, 7) is 5.38. The van der Waals surface area contributed by atoms with Gasteiger partial charge in [0.25, 0.3) is 0 Å². The quantitative estimate of drug-likeness (QED) is 0.735. The van der Waals surface area contributed by atoms with E-state index in [2.05, 4.69) is 4.74 Å². The van der Waals surface area contributed by atoms with E-state index >= 15 is 0 Å². The Hall–Kier alpha value is -1.58. The normalized spacial score (nSPS) is 10.2. The largest absolute Gasteiger partial charge is 0.465 e. The first-order valence-corrected chi connectivity index (χ1v) is 5.30. The van der Waals surface area contributed by atoms with Crippen LogP contribution in [0.3, 0.4) is 0 Å². The van der Waals surface area contributed by atoms with Crippen molar-refractivity contribution in [2.24, 2.45) is 0 Å². The maximum Gasteiger partial charge on any atom is 0.345 e. The van der Waals surface area contributed by atoms with E-state index in [9.17, 15) is 9.59 Å². The number of hydrogen-bond acceptors (Lipinski definition) is 4. The first kappa shape index (κ1) is 12.5. The lowest BCUT2D eigenvalue weighted by Crippen LogP contribution is -2.23. The fourth-order valence-corrected chi connectivity index (χ4v) is 1.72. The van der Waals surface area contributed by atoms with E-state index in [-0.39, 0.29) is 11.0 Å². The highest BCUT2D eigenvalue weighted by molar-refractivity contribution is 5.90. The molecule has 0 radical (unpaired) electrons. The number of esters is 1. The number of hydrogen-bond donors (Lipinski definition) is 0. The van der Waals surface area contributed by atoms with Crippen LogP contribution in [0.4, 0.5) is 0 Å². The van der Waals surface area contributed by atoms with Crippen molar-refractivity contribution in [2.45, 2.75) is 33.6 Å². The third-order valence-corrected chi connectivity index (χ3v) is 2.53. The van der Waals surface area contributed by atoms with Gasteiger partial charge in [-0.3, -0.25) is 4.79 Å². The molecule has 0 amide bonds. The molecular formula is C12H16O4. The molecule has 0 bridgehead atoms. The van der Waals surface area contributed by atoms with Gasteiger partial charge in [0.05, 0.1) is 7.11 Å². The molecule has 0 aliphatic heterocycles. The molecule has 0 aliphatic carbocycles. The van der Waals surface area contributed by atoms with E-state index in [1.54, 1.807) is 6.92 Å². The average Bonchev–Trinajstić information content (AvgIpc) is 2.27. The lowest BCUT2D eigenvalue weighted by atomic mass is 10.1. The zero-order valence-electron chi connectivity index (χ0n) is 10.0. The highest BCUT2D eigenvalue weighted by atomic mass is 16.5.